The Hall–Kier alpha value is -2.13. The van der Waals surface area contributed by atoms with E-state index in [9.17, 15) is 19.6 Å². The first-order chi connectivity index (χ1) is 12.5. The fourth-order valence-corrected chi connectivity index (χ4v) is 4.62. The minimum Gasteiger partial charge on any atom is -0.465 e. The van der Waals surface area contributed by atoms with Crippen molar-refractivity contribution in [3.05, 3.63) is 35.6 Å². The summed E-state index contributed by atoms with van der Waals surface area (Å²) in [6.45, 7) is 4.05. The second-order valence-electron chi connectivity index (χ2n) is 7.44. The molecule has 1 N–H and O–H groups in total. The molecule has 0 radical (unpaired) electrons. The highest BCUT2D eigenvalue weighted by Crippen LogP contribution is 2.41. The molecule has 1 atom stereocenters. The van der Waals surface area contributed by atoms with Crippen molar-refractivity contribution in [1.29, 1.82) is 5.26 Å². The summed E-state index contributed by atoms with van der Waals surface area (Å²) in [6, 6.07) is 9.31. The van der Waals surface area contributed by atoms with E-state index < -0.39 is 11.5 Å². The molecule has 1 amide bonds. The van der Waals surface area contributed by atoms with Crippen molar-refractivity contribution in [2.75, 3.05) is 19.6 Å². The van der Waals surface area contributed by atoms with E-state index in [2.05, 4.69) is 11.0 Å². The number of likely N-dealkylation sites (tertiary alicyclic amines) is 1. The quantitative estimate of drug-likeness (QED) is 0.892. The highest BCUT2D eigenvalue weighted by atomic mass is 19.1. The van der Waals surface area contributed by atoms with E-state index in [1.165, 1.54) is 17.0 Å². The molecule has 6 heteroatoms. The number of carbonyl (C=O) groups is 1. The van der Waals surface area contributed by atoms with Crippen LogP contribution < -0.4 is 0 Å². The van der Waals surface area contributed by atoms with Crippen molar-refractivity contribution in [3.8, 4) is 6.07 Å². The number of hydrogen-bond acceptors (Lipinski definition) is 3. The maximum Gasteiger partial charge on any atom is 0.407 e. The number of halogens is 1. The Morgan fingerprint density at radius 3 is 2.73 bits per heavy atom. The number of nitrogens with zero attached hydrogens (tertiary/aromatic N) is 3. The van der Waals surface area contributed by atoms with Crippen molar-refractivity contribution >= 4 is 6.09 Å². The molecule has 2 fully saturated rings. The van der Waals surface area contributed by atoms with Gasteiger partial charge in [0, 0.05) is 31.7 Å². The zero-order valence-corrected chi connectivity index (χ0v) is 15.2. The summed E-state index contributed by atoms with van der Waals surface area (Å²) in [5, 5.41) is 19.1. The van der Waals surface area contributed by atoms with Crippen LogP contribution in [0.4, 0.5) is 9.18 Å². The van der Waals surface area contributed by atoms with Crippen LogP contribution in [0.15, 0.2) is 24.3 Å². The molecule has 1 aliphatic heterocycles. The summed E-state index contributed by atoms with van der Waals surface area (Å²) in [7, 11) is 0. The van der Waals surface area contributed by atoms with E-state index in [4.69, 9.17) is 0 Å². The average Bonchev–Trinajstić information content (AvgIpc) is 3.11. The van der Waals surface area contributed by atoms with Crippen LogP contribution >= 0.6 is 0 Å². The van der Waals surface area contributed by atoms with Crippen molar-refractivity contribution in [2.24, 2.45) is 0 Å². The molecule has 0 bridgehead atoms. The maximum absolute atomic E-state index is 13.6. The molecule has 1 saturated heterocycles. The summed E-state index contributed by atoms with van der Waals surface area (Å²) in [4.78, 5) is 15.3. The molecule has 140 valence electrons. The third kappa shape index (κ3) is 3.54. The molecule has 1 aromatic carbocycles. The lowest BCUT2D eigenvalue weighted by molar-refractivity contribution is 0.118. The van der Waals surface area contributed by atoms with Crippen LogP contribution in [0.1, 0.15) is 44.6 Å². The van der Waals surface area contributed by atoms with Gasteiger partial charge < -0.3 is 10.0 Å². The van der Waals surface area contributed by atoms with E-state index in [-0.39, 0.29) is 11.9 Å². The van der Waals surface area contributed by atoms with Gasteiger partial charge in [0.15, 0.2) is 0 Å². The smallest absolute Gasteiger partial charge is 0.407 e. The Bertz CT molecular complexity index is 695. The Labute approximate surface area is 154 Å². The third-order valence-electron chi connectivity index (χ3n) is 6.14. The lowest BCUT2D eigenvalue weighted by Crippen LogP contribution is -2.44. The largest absolute Gasteiger partial charge is 0.465 e. The van der Waals surface area contributed by atoms with Gasteiger partial charge in [0.2, 0.25) is 0 Å². The molecular weight excluding hydrogens is 333 g/mol. The zero-order chi connectivity index (χ0) is 18.7. The van der Waals surface area contributed by atoms with Crippen LogP contribution in [-0.4, -0.2) is 52.7 Å². The fraction of sp³-hybridized carbons (Fsp3) is 0.600. The van der Waals surface area contributed by atoms with Crippen LogP contribution in [0.3, 0.4) is 0 Å². The number of nitriles is 1. The molecule has 0 unspecified atom stereocenters. The SMILES string of the molecule is CCN(C(=O)O)[C@@H]1CCN(C2CCC(C#N)(c3cccc(F)c3)CC2)C1. The van der Waals surface area contributed by atoms with Crippen LogP contribution in [0, 0.1) is 17.1 Å². The molecule has 1 aliphatic carbocycles. The third-order valence-corrected chi connectivity index (χ3v) is 6.14. The average molecular weight is 359 g/mol. The molecule has 1 saturated carbocycles. The van der Waals surface area contributed by atoms with Crippen LogP contribution in [0.25, 0.3) is 0 Å². The standard InChI is InChI=1S/C20H26FN3O2/c1-2-24(19(25)26)18-8-11-23(13-18)17-6-9-20(14-22,10-7-17)15-4-3-5-16(21)12-15/h3-5,12,17-18H,2,6-11,13H2,1H3,(H,25,26)/t17?,18-,20?/m1/s1. The Morgan fingerprint density at radius 1 is 1.42 bits per heavy atom. The van der Waals surface area contributed by atoms with Crippen molar-refractivity contribution in [2.45, 2.75) is 56.5 Å². The molecule has 5 nitrogen and oxygen atoms in total. The second-order valence-corrected chi connectivity index (χ2v) is 7.44. The molecule has 0 spiro atoms. The first-order valence-electron chi connectivity index (χ1n) is 9.40. The number of hydrogen-bond donors (Lipinski definition) is 1. The van der Waals surface area contributed by atoms with Crippen molar-refractivity contribution in [3.63, 3.8) is 0 Å². The van der Waals surface area contributed by atoms with E-state index in [0.29, 0.717) is 12.6 Å². The van der Waals surface area contributed by atoms with Gasteiger partial charge in [0.1, 0.15) is 5.82 Å². The zero-order valence-electron chi connectivity index (χ0n) is 15.2. The first-order valence-corrected chi connectivity index (χ1v) is 9.40. The molecule has 3 rings (SSSR count). The predicted molar refractivity (Wildman–Crippen MR) is 96.3 cm³/mol. The minimum atomic E-state index is -0.849. The predicted octanol–water partition coefficient (Wildman–Crippen LogP) is 3.60. The summed E-state index contributed by atoms with van der Waals surface area (Å²) in [5.41, 5.74) is 0.176. The van der Waals surface area contributed by atoms with Gasteiger partial charge in [-0.3, -0.25) is 4.90 Å². The summed E-state index contributed by atoms with van der Waals surface area (Å²) in [6.07, 6.45) is 3.22. The van der Waals surface area contributed by atoms with Gasteiger partial charge in [0.25, 0.3) is 0 Å². The molecule has 1 heterocycles. The maximum atomic E-state index is 13.6. The van der Waals surface area contributed by atoms with Gasteiger partial charge in [0.05, 0.1) is 11.5 Å². The van der Waals surface area contributed by atoms with Gasteiger partial charge in [-0.25, -0.2) is 9.18 Å². The normalized spacial score (nSPS) is 29.3. The monoisotopic (exact) mass is 359 g/mol. The lowest BCUT2D eigenvalue weighted by Gasteiger charge is -2.39. The van der Waals surface area contributed by atoms with E-state index >= 15 is 0 Å². The second kappa shape index (κ2) is 7.63. The van der Waals surface area contributed by atoms with Crippen LogP contribution in [-0.2, 0) is 5.41 Å². The van der Waals surface area contributed by atoms with Gasteiger partial charge in [-0.05, 0) is 56.7 Å². The number of rotatable bonds is 4. The van der Waals surface area contributed by atoms with Gasteiger partial charge in [-0.1, -0.05) is 12.1 Å². The fourth-order valence-electron chi connectivity index (χ4n) is 4.62. The first kappa shape index (κ1) is 18.7. The Morgan fingerprint density at radius 2 is 2.15 bits per heavy atom. The van der Waals surface area contributed by atoms with Crippen molar-refractivity contribution in [1.82, 2.24) is 9.80 Å². The number of carboxylic acid groups (broad SMARTS) is 1. The molecular formula is C20H26FN3O2. The van der Waals surface area contributed by atoms with Gasteiger partial charge in [-0.15, -0.1) is 0 Å². The molecule has 0 aromatic heterocycles. The number of likely N-dealkylation sites (N-methyl/N-ethyl adjacent to an activating group) is 1. The van der Waals surface area contributed by atoms with E-state index in [0.717, 1.165) is 50.8 Å². The van der Waals surface area contributed by atoms with E-state index in [1.807, 2.05) is 13.0 Å². The summed E-state index contributed by atoms with van der Waals surface area (Å²) < 4.78 is 13.6. The van der Waals surface area contributed by atoms with Crippen LogP contribution in [0.5, 0.6) is 0 Å². The minimum absolute atomic E-state index is 0.0587. The summed E-state index contributed by atoms with van der Waals surface area (Å²) in [5.74, 6) is -0.296. The Kier molecular flexibility index (Phi) is 5.47. The van der Waals surface area contributed by atoms with E-state index in [1.54, 1.807) is 6.07 Å². The lowest BCUT2D eigenvalue weighted by atomic mass is 9.69. The highest BCUT2D eigenvalue weighted by molar-refractivity contribution is 5.65. The number of amides is 1. The highest BCUT2D eigenvalue weighted by Gasteiger charge is 2.41. The van der Waals surface area contributed by atoms with Gasteiger partial charge >= 0.3 is 6.09 Å². The number of benzene rings is 1. The molecule has 26 heavy (non-hydrogen) atoms. The van der Waals surface area contributed by atoms with Crippen molar-refractivity contribution < 1.29 is 14.3 Å². The Balaban J connectivity index is 1.64. The molecule has 2 aliphatic rings. The van der Waals surface area contributed by atoms with Gasteiger partial charge in [-0.2, -0.15) is 5.26 Å². The molecule has 1 aromatic rings. The topological polar surface area (TPSA) is 67.6 Å². The van der Waals surface area contributed by atoms with Crippen LogP contribution in [0.2, 0.25) is 0 Å². The summed E-state index contributed by atoms with van der Waals surface area (Å²) >= 11 is 0.